The molecule has 1 heterocycles. The molecule has 7 heteroatoms. The number of hydrogen-bond donors (Lipinski definition) is 2. The molecule has 1 aromatic rings. The van der Waals surface area contributed by atoms with Crippen LogP contribution in [-0.4, -0.2) is 50.2 Å². The Balaban J connectivity index is 2.36. The van der Waals surface area contributed by atoms with Crippen LogP contribution >= 0.6 is 0 Å². The fourth-order valence-corrected chi connectivity index (χ4v) is 3.91. The molecule has 6 nitrogen and oxygen atoms in total. The van der Waals surface area contributed by atoms with E-state index in [-0.39, 0.29) is 24.7 Å². The Hall–Kier alpha value is -1.15. The van der Waals surface area contributed by atoms with Gasteiger partial charge in [0.1, 0.15) is 0 Å². The molecule has 3 N–H and O–H groups in total. The number of benzene rings is 1. The summed E-state index contributed by atoms with van der Waals surface area (Å²) >= 11 is 0. The molecule has 1 aliphatic heterocycles. The first kappa shape index (κ1) is 15.2. The van der Waals surface area contributed by atoms with Crippen LogP contribution in [0.15, 0.2) is 23.1 Å². The monoisotopic (exact) mass is 300 g/mol. The molecule has 2 rings (SSSR count). The SMILES string of the molecule is CCc1ccc(S(=O)(=O)N2CCOCC2CO)cc1N. The first-order valence-electron chi connectivity index (χ1n) is 6.59. The zero-order valence-electron chi connectivity index (χ0n) is 11.4. The summed E-state index contributed by atoms with van der Waals surface area (Å²) in [5, 5.41) is 9.30. The van der Waals surface area contributed by atoms with E-state index < -0.39 is 16.1 Å². The number of morpholine rings is 1. The molecular formula is C13H20N2O4S. The first-order valence-corrected chi connectivity index (χ1v) is 8.03. The highest BCUT2D eigenvalue weighted by molar-refractivity contribution is 7.89. The van der Waals surface area contributed by atoms with Crippen LogP contribution in [0, 0.1) is 0 Å². The number of nitrogens with two attached hydrogens (primary N) is 1. The van der Waals surface area contributed by atoms with Crippen LogP contribution in [0.1, 0.15) is 12.5 Å². The normalized spacial score (nSPS) is 21.0. The molecular weight excluding hydrogens is 280 g/mol. The second-order valence-corrected chi connectivity index (χ2v) is 6.63. The van der Waals surface area contributed by atoms with E-state index in [1.807, 2.05) is 6.92 Å². The van der Waals surface area contributed by atoms with Crippen molar-refractivity contribution in [3.63, 3.8) is 0 Å². The average Bonchev–Trinajstić information content (AvgIpc) is 2.47. The Morgan fingerprint density at radius 3 is 2.85 bits per heavy atom. The average molecular weight is 300 g/mol. The lowest BCUT2D eigenvalue weighted by Crippen LogP contribution is -2.50. The van der Waals surface area contributed by atoms with Crippen LogP contribution in [0.5, 0.6) is 0 Å². The van der Waals surface area contributed by atoms with Gasteiger partial charge in [-0.25, -0.2) is 8.42 Å². The third-order valence-corrected chi connectivity index (χ3v) is 5.44. The van der Waals surface area contributed by atoms with Crippen LogP contribution in [-0.2, 0) is 21.2 Å². The summed E-state index contributed by atoms with van der Waals surface area (Å²) in [6.07, 6.45) is 0.753. The van der Waals surface area contributed by atoms with Gasteiger partial charge in [0, 0.05) is 12.2 Å². The van der Waals surface area contributed by atoms with Crippen molar-refractivity contribution in [3.8, 4) is 0 Å². The standard InChI is InChI=1S/C13H20N2O4S/c1-2-10-3-4-12(7-13(10)14)20(17,18)15-5-6-19-9-11(15)8-16/h3-4,7,11,16H,2,5-6,8-9,14H2,1H3. The van der Waals surface area contributed by atoms with Gasteiger partial charge < -0.3 is 15.6 Å². The Kier molecular flexibility index (Phi) is 4.64. The minimum atomic E-state index is -3.66. The molecule has 1 aliphatic rings. The highest BCUT2D eigenvalue weighted by Crippen LogP contribution is 2.24. The molecule has 0 aromatic heterocycles. The predicted octanol–water partition coefficient (Wildman–Crippen LogP) is 0.213. The molecule has 0 spiro atoms. The van der Waals surface area contributed by atoms with Crippen molar-refractivity contribution in [2.24, 2.45) is 0 Å². The Bertz CT molecular complexity index is 574. The third-order valence-electron chi connectivity index (χ3n) is 3.49. The molecule has 0 saturated carbocycles. The quantitative estimate of drug-likeness (QED) is 0.776. The molecule has 0 amide bonds. The van der Waals surface area contributed by atoms with E-state index >= 15 is 0 Å². The zero-order chi connectivity index (χ0) is 14.8. The van der Waals surface area contributed by atoms with Gasteiger partial charge in [0.25, 0.3) is 0 Å². The minimum absolute atomic E-state index is 0.160. The van der Waals surface area contributed by atoms with Crippen molar-refractivity contribution in [1.29, 1.82) is 0 Å². The smallest absolute Gasteiger partial charge is 0.243 e. The molecule has 1 atom stereocenters. The van der Waals surface area contributed by atoms with E-state index in [9.17, 15) is 13.5 Å². The maximum absolute atomic E-state index is 12.6. The van der Waals surface area contributed by atoms with Crippen LogP contribution in [0.3, 0.4) is 0 Å². The van der Waals surface area contributed by atoms with Crippen LogP contribution in [0.4, 0.5) is 5.69 Å². The van der Waals surface area contributed by atoms with Crippen molar-refractivity contribution in [1.82, 2.24) is 4.31 Å². The number of hydrogen-bond acceptors (Lipinski definition) is 5. The number of nitrogen functional groups attached to an aromatic ring is 1. The van der Waals surface area contributed by atoms with E-state index in [4.69, 9.17) is 10.5 Å². The second-order valence-electron chi connectivity index (χ2n) is 4.74. The van der Waals surface area contributed by atoms with Crippen molar-refractivity contribution in [2.45, 2.75) is 24.3 Å². The summed E-state index contributed by atoms with van der Waals surface area (Å²) in [6.45, 7) is 2.48. The first-order chi connectivity index (χ1) is 9.50. The molecule has 0 bridgehead atoms. The lowest BCUT2D eigenvalue weighted by atomic mass is 10.1. The number of rotatable bonds is 4. The molecule has 1 fully saturated rings. The van der Waals surface area contributed by atoms with E-state index in [1.54, 1.807) is 12.1 Å². The van der Waals surface area contributed by atoms with Crippen molar-refractivity contribution in [3.05, 3.63) is 23.8 Å². The number of aliphatic hydroxyl groups excluding tert-OH is 1. The van der Waals surface area contributed by atoms with Gasteiger partial charge in [0.2, 0.25) is 10.0 Å². The largest absolute Gasteiger partial charge is 0.398 e. The summed E-state index contributed by atoms with van der Waals surface area (Å²) in [4.78, 5) is 0.160. The summed E-state index contributed by atoms with van der Waals surface area (Å²) in [6, 6.07) is 4.24. The number of nitrogens with zero attached hydrogens (tertiary/aromatic N) is 1. The number of aryl methyl sites for hydroxylation is 1. The van der Waals surface area contributed by atoms with Crippen LogP contribution in [0.2, 0.25) is 0 Å². The van der Waals surface area contributed by atoms with Gasteiger partial charge in [-0.2, -0.15) is 4.31 Å². The van der Waals surface area contributed by atoms with Crippen LogP contribution < -0.4 is 5.73 Å². The van der Waals surface area contributed by atoms with E-state index in [2.05, 4.69) is 0 Å². The molecule has 20 heavy (non-hydrogen) atoms. The van der Waals surface area contributed by atoms with Crippen molar-refractivity contribution < 1.29 is 18.3 Å². The molecule has 1 aromatic carbocycles. The van der Waals surface area contributed by atoms with Crippen molar-refractivity contribution in [2.75, 3.05) is 32.1 Å². The fraction of sp³-hybridized carbons (Fsp3) is 0.538. The molecule has 0 radical (unpaired) electrons. The highest BCUT2D eigenvalue weighted by atomic mass is 32.2. The summed E-state index contributed by atoms with van der Waals surface area (Å²) in [5.41, 5.74) is 7.26. The van der Waals surface area contributed by atoms with Crippen LogP contribution in [0.25, 0.3) is 0 Å². The van der Waals surface area contributed by atoms with Gasteiger partial charge in [-0.3, -0.25) is 0 Å². The molecule has 112 valence electrons. The number of ether oxygens (including phenoxy) is 1. The van der Waals surface area contributed by atoms with Crippen molar-refractivity contribution >= 4 is 15.7 Å². The van der Waals surface area contributed by atoms with Gasteiger partial charge in [-0.1, -0.05) is 13.0 Å². The number of aliphatic hydroxyl groups is 1. The third kappa shape index (κ3) is 2.80. The Labute approximate surface area is 119 Å². The topological polar surface area (TPSA) is 92.9 Å². The second kappa shape index (κ2) is 6.09. The zero-order valence-corrected chi connectivity index (χ0v) is 12.3. The number of sulfonamides is 1. The Morgan fingerprint density at radius 1 is 1.50 bits per heavy atom. The van der Waals surface area contributed by atoms with Gasteiger partial charge in [-0.05, 0) is 24.1 Å². The summed E-state index contributed by atoms with van der Waals surface area (Å²) < 4.78 is 31.7. The fourth-order valence-electron chi connectivity index (χ4n) is 2.29. The minimum Gasteiger partial charge on any atom is -0.398 e. The molecule has 1 saturated heterocycles. The molecule has 1 unspecified atom stereocenters. The van der Waals surface area contributed by atoms with E-state index in [0.29, 0.717) is 12.3 Å². The lowest BCUT2D eigenvalue weighted by molar-refractivity contribution is 0.0109. The van der Waals surface area contributed by atoms with Gasteiger partial charge >= 0.3 is 0 Å². The summed E-state index contributed by atoms with van der Waals surface area (Å²) in [7, 11) is -3.66. The van der Waals surface area contributed by atoms with Gasteiger partial charge in [-0.15, -0.1) is 0 Å². The highest BCUT2D eigenvalue weighted by Gasteiger charge is 2.33. The number of anilines is 1. The Morgan fingerprint density at radius 2 is 2.25 bits per heavy atom. The molecule has 0 aliphatic carbocycles. The van der Waals surface area contributed by atoms with E-state index in [0.717, 1.165) is 12.0 Å². The van der Waals surface area contributed by atoms with E-state index in [1.165, 1.54) is 10.4 Å². The van der Waals surface area contributed by atoms with Gasteiger partial charge in [0.05, 0.1) is 30.8 Å². The maximum atomic E-state index is 12.6. The predicted molar refractivity (Wildman–Crippen MR) is 75.8 cm³/mol. The maximum Gasteiger partial charge on any atom is 0.243 e. The lowest BCUT2D eigenvalue weighted by Gasteiger charge is -2.33. The van der Waals surface area contributed by atoms with Gasteiger partial charge in [0.15, 0.2) is 0 Å². The summed E-state index contributed by atoms with van der Waals surface area (Å²) in [5.74, 6) is 0.